The molecule has 1 rings (SSSR count). The lowest BCUT2D eigenvalue weighted by Crippen LogP contribution is -2.14. The molecule has 0 aromatic heterocycles. The van der Waals surface area contributed by atoms with Crippen LogP contribution in [0, 0.1) is 0 Å². The SMILES string of the molecule is CCC(=O)C(=O)P(=O)(O)OC1CC1. The predicted octanol–water partition coefficient (Wildman–Crippen LogP) is 0.856. The molecule has 1 atom stereocenters. The summed E-state index contributed by atoms with van der Waals surface area (Å²) in [4.78, 5) is 30.8. The highest BCUT2D eigenvalue weighted by Crippen LogP contribution is 2.49. The molecule has 0 heterocycles. The van der Waals surface area contributed by atoms with E-state index >= 15 is 0 Å². The average molecular weight is 206 g/mol. The third-order valence-corrected chi connectivity index (χ3v) is 2.98. The van der Waals surface area contributed by atoms with Gasteiger partial charge in [-0.05, 0) is 12.8 Å². The molecular formula is C7H11O5P. The van der Waals surface area contributed by atoms with Gasteiger partial charge in [0.15, 0.2) is 0 Å². The predicted molar refractivity (Wildman–Crippen MR) is 44.2 cm³/mol. The summed E-state index contributed by atoms with van der Waals surface area (Å²) in [6.45, 7) is 1.46. The van der Waals surface area contributed by atoms with E-state index in [0.717, 1.165) is 0 Å². The molecule has 0 saturated heterocycles. The van der Waals surface area contributed by atoms with Crippen molar-refractivity contribution in [2.75, 3.05) is 0 Å². The van der Waals surface area contributed by atoms with Crippen LogP contribution in [0.5, 0.6) is 0 Å². The normalized spacial score (nSPS) is 20.8. The Balaban J connectivity index is 2.61. The van der Waals surface area contributed by atoms with Crippen LogP contribution in [0.2, 0.25) is 0 Å². The molecule has 0 aliphatic heterocycles. The first kappa shape index (κ1) is 10.6. The van der Waals surface area contributed by atoms with Gasteiger partial charge in [-0.25, -0.2) is 0 Å². The minimum Gasteiger partial charge on any atom is -0.319 e. The number of carbonyl (C=O) groups excluding carboxylic acids is 2. The highest BCUT2D eigenvalue weighted by atomic mass is 31.2. The second-order valence-corrected chi connectivity index (χ2v) is 4.56. The first-order valence-electron chi connectivity index (χ1n) is 4.06. The molecule has 13 heavy (non-hydrogen) atoms. The Labute approximate surface area is 75.6 Å². The fourth-order valence-electron chi connectivity index (χ4n) is 0.732. The van der Waals surface area contributed by atoms with Gasteiger partial charge in [-0.3, -0.25) is 18.7 Å². The third kappa shape index (κ3) is 2.72. The van der Waals surface area contributed by atoms with Crippen LogP contribution in [0.3, 0.4) is 0 Å². The summed E-state index contributed by atoms with van der Waals surface area (Å²) in [5, 5.41) is 0. The van der Waals surface area contributed by atoms with Crippen molar-refractivity contribution in [2.24, 2.45) is 0 Å². The summed E-state index contributed by atoms with van der Waals surface area (Å²) in [6.07, 6.45) is 0.970. The van der Waals surface area contributed by atoms with E-state index in [1.54, 1.807) is 0 Å². The summed E-state index contributed by atoms with van der Waals surface area (Å²) in [5.41, 5.74) is -1.29. The number of carbonyl (C=O) groups is 2. The molecule has 1 aliphatic rings. The Kier molecular flexibility index (Phi) is 3.01. The lowest BCUT2D eigenvalue weighted by molar-refractivity contribution is -0.132. The number of rotatable bonds is 5. The van der Waals surface area contributed by atoms with Crippen LogP contribution in [-0.4, -0.2) is 22.3 Å². The Morgan fingerprint density at radius 1 is 1.54 bits per heavy atom. The molecule has 74 valence electrons. The van der Waals surface area contributed by atoms with Crippen molar-refractivity contribution in [3.8, 4) is 0 Å². The van der Waals surface area contributed by atoms with Gasteiger partial charge < -0.3 is 4.89 Å². The largest absolute Gasteiger partial charge is 0.402 e. The zero-order valence-corrected chi connectivity index (χ0v) is 8.12. The Hall–Kier alpha value is -0.510. The van der Waals surface area contributed by atoms with Crippen molar-refractivity contribution < 1.29 is 23.6 Å². The van der Waals surface area contributed by atoms with Crippen LogP contribution in [0.1, 0.15) is 26.2 Å². The van der Waals surface area contributed by atoms with Gasteiger partial charge in [-0.2, -0.15) is 0 Å². The summed E-state index contributed by atoms with van der Waals surface area (Å²) in [6, 6.07) is 0. The molecular weight excluding hydrogens is 195 g/mol. The molecule has 6 heteroatoms. The zero-order chi connectivity index (χ0) is 10.1. The number of ketones is 1. The van der Waals surface area contributed by atoms with E-state index in [2.05, 4.69) is 4.52 Å². The molecule has 0 aromatic rings. The first-order chi connectivity index (χ1) is 5.97. The zero-order valence-electron chi connectivity index (χ0n) is 7.23. The number of hydrogen-bond donors (Lipinski definition) is 1. The van der Waals surface area contributed by atoms with E-state index in [1.807, 2.05) is 0 Å². The van der Waals surface area contributed by atoms with Crippen LogP contribution >= 0.6 is 7.60 Å². The molecule has 0 radical (unpaired) electrons. The lowest BCUT2D eigenvalue weighted by Gasteiger charge is -2.07. The summed E-state index contributed by atoms with van der Waals surface area (Å²) in [5.74, 6) is -0.855. The molecule has 1 unspecified atom stereocenters. The maximum atomic E-state index is 11.1. The van der Waals surface area contributed by atoms with Crippen LogP contribution in [0.4, 0.5) is 0 Å². The van der Waals surface area contributed by atoms with E-state index in [9.17, 15) is 14.2 Å². The van der Waals surface area contributed by atoms with Gasteiger partial charge in [0.1, 0.15) is 0 Å². The molecule has 1 N–H and O–H groups in total. The van der Waals surface area contributed by atoms with Crippen LogP contribution in [0.25, 0.3) is 0 Å². The molecule has 0 bridgehead atoms. The van der Waals surface area contributed by atoms with E-state index in [4.69, 9.17) is 4.89 Å². The molecule has 1 fully saturated rings. The maximum Gasteiger partial charge on any atom is 0.402 e. The standard InChI is InChI=1S/C7H11O5P/c1-2-6(8)7(9)13(10,11)12-5-3-4-5/h5H,2-4H2,1H3,(H,10,11). The van der Waals surface area contributed by atoms with Gasteiger partial charge in [0, 0.05) is 6.42 Å². The van der Waals surface area contributed by atoms with Crippen LogP contribution < -0.4 is 0 Å². The summed E-state index contributed by atoms with van der Waals surface area (Å²) >= 11 is 0. The summed E-state index contributed by atoms with van der Waals surface area (Å²) < 4.78 is 15.7. The fourth-order valence-corrected chi connectivity index (χ4v) is 1.92. The Morgan fingerprint density at radius 3 is 2.46 bits per heavy atom. The highest BCUT2D eigenvalue weighted by molar-refractivity contribution is 7.74. The second kappa shape index (κ2) is 3.70. The van der Waals surface area contributed by atoms with E-state index in [0.29, 0.717) is 12.8 Å². The third-order valence-electron chi connectivity index (χ3n) is 1.63. The van der Waals surface area contributed by atoms with Gasteiger partial charge >= 0.3 is 13.1 Å². The fraction of sp³-hybridized carbons (Fsp3) is 0.714. The van der Waals surface area contributed by atoms with Crippen molar-refractivity contribution in [3.63, 3.8) is 0 Å². The monoisotopic (exact) mass is 206 g/mol. The molecule has 0 spiro atoms. The maximum absolute atomic E-state index is 11.1. The Morgan fingerprint density at radius 2 is 2.08 bits per heavy atom. The lowest BCUT2D eigenvalue weighted by atomic mass is 10.3. The average Bonchev–Trinajstić information content (AvgIpc) is 2.84. The smallest absolute Gasteiger partial charge is 0.319 e. The van der Waals surface area contributed by atoms with Crippen LogP contribution in [0.15, 0.2) is 0 Å². The van der Waals surface area contributed by atoms with Crippen molar-refractivity contribution in [1.29, 1.82) is 0 Å². The molecule has 0 amide bonds. The molecule has 1 saturated carbocycles. The molecule has 5 nitrogen and oxygen atoms in total. The minimum atomic E-state index is -4.34. The van der Waals surface area contributed by atoms with Gasteiger partial charge in [0.2, 0.25) is 5.78 Å². The molecule has 1 aliphatic carbocycles. The second-order valence-electron chi connectivity index (χ2n) is 2.91. The quantitative estimate of drug-likeness (QED) is 0.532. The van der Waals surface area contributed by atoms with Crippen molar-refractivity contribution in [1.82, 2.24) is 0 Å². The van der Waals surface area contributed by atoms with Crippen molar-refractivity contribution in [2.45, 2.75) is 32.3 Å². The highest BCUT2D eigenvalue weighted by Gasteiger charge is 2.40. The van der Waals surface area contributed by atoms with Crippen LogP contribution in [-0.2, 0) is 18.7 Å². The van der Waals surface area contributed by atoms with E-state index in [1.165, 1.54) is 6.92 Å². The molecule has 0 aromatic carbocycles. The summed E-state index contributed by atoms with van der Waals surface area (Å²) in [7, 11) is -4.34. The van der Waals surface area contributed by atoms with Gasteiger partial charge in [0.25, 0.3) is 0 Å². The number of Topliss-reactive ketones (excluding diaryl/α,β-unsaturated/α-hetero) is 1. The van der Waals surface area contributed by atoms with Gasteiger partial charge in [0.05, 0.1) is 6.10 Å². The van der Waals surface area contributed by atoms with E-state index < -0.39 is 18.9 Å². The van der Waals surface area contributed by atoms with E-state index in [-0.39, 0.29) is 12.5 Å². The minimum absolute atomic E-state index is 0.0720. The Bertz CT molecular complexity index is 281. The van der Waals surface area contributed by atoms with Crippen molar-refractivity contribution >= 4 is 18.9 Å². The van der Waals surface area contributed by atoms with Gasteiger partial charge in [-0.1, -0.05) is 6.92 Å². The number of hydrogen-bond acceptors (Lipinski definition) is 4. The topological polar surface area (TPSA) is 80.7 Å². The first-order valence-corrected chi connectivity index (χ1v) is 5.64. The van der Waals surface area contributed by atoms with Crippen molar-refractivity contribution in [3.05, 3.63) is 0 Å². The van der Waals surface area contributed by atoms with Gasteiger partial charge in [-0.15, -0.1) is 0 Å².